The van der Waals surface area contributed by atoms with Gasteiger partial charge in [0.15, 0.2) is 0 Å². The fraction of sp³-hybridized carbons (Fsp3) is 0.400. The molecule has 14 heavy (non-hydrogen) atoms. The standard InChI is InChI=1S/C10H13FN3/c1-3-5-8-9-6-4-7-14(9)12-10(11)13(8)2/h4,6-7H,3,5H2,1-2H3/q+1. The molecule has 0 atom stereocenters. The van der Waals surface area contributed by atoms with E-state index in [1.165, 1.54) is 4.57 Å². The van der Waals surface area contributed by atoms with E-state index in [-0.39, 0.29) is 0 Å². The zero-order valence-corrected chi connectivity index (χ0v) is 8.37. The molecule has 0 saturated heterocycles. The Morgan fingerprint density at radius 3 is 3.07 bits per heavy atom. The zero-order valence-electron chi connectivity index (χ0n) is 8.37. The Balaban J connectivity index is 2.73. The average Bonchev–Trinajstić information content (AvgIpc) is 2.60. The molecule has 0 aliphatic carbocycles. The molecule has 4 heteroatoms. The quantitative estimate of drug-likeness (QED) is 0.659. The molecular weight excluding hydrogens is 181 g/mol. The first-order valence-electron chi connectivity index (χ1n) is 4.75. The Morgan fingerprint density at radius 2 is 2.36 bits per heavy atom. The van der Waals surface area contributed by atoms with Crippen molar-refractivity contribution in [2.24, 2.45) is 7.05 Å². The highest BCUT2D eigenvalue weighted by Gasteiger charge is 2.17. The van der Waals surface area contributed by atoms with Gasteiger partial charge < -0.3 is 0 Å². The van der Waals surface area contributed by atoms with Crippen LogP contribution in [0.4, 0.5) is 4.39 Å². The number of hydrogen-bond acceptors (Lipinski definition) is 1. The lowest BCUT2D eigenvalue weighted by atomic mass is 10.2. The molecule has 0 N–H and O–H groups in total. The van der Waals surface area contributed by atoms with Gasteiger partial charge in [0, 0.05) is 6.42 Å². The average molecular weight is 194 g/mol. The zero-order chi connectivity index (χ0) is 10.1. The van der Waals surface area contributed by atoms with Crippen molar-refractivity contribution in [2.45, 2.75) is 19.8 Å². The van der Waals surface area contributed by atoms with Gasteiger partial charge in [-0.25, -0.2) is 4.57 Å². The molecule has 3 nitrogen and oxygen atoms in total. The monoisotopic (exact) mass is 194 g/mol. The summed E-state index contributed by atoms with van der Waals surface area (Å²) in [6, 6.07) is 3.83. The van der Waals surface area contributed by atoms with Crippen LogP contribution in [0.15, 0.2) is 18.3 Å². The molecule has 74 valence electrons. The van der Waals surface area contributed by atoms with E-state index >= 15 is 0 Å². The summed E-state index contributed by atoms with van der Waals surface area (Å²) in [5.41, 5.74) is 1.97. The van der Waals surface area contributed by atoms with E-state index in [0.717, 1.165) is 24.1 Å². The van der Waals surface area contributed by atoms with Crippen molar-refractivity contribution in [3.05, 3.63) is 30.1 Å². The normalized spacial score (nSPS) is 11.1. The first kappa shape index (κ1) is 9.12. The van der Waals surface area contributed by atoms with Crippen LogP contribution in [0.1, 0.15) is 19.0 Å². The van der Waals surface area contributed by atoms with Gasteiger partial charge in [-0.15, -0.1) is 8.91 Å². The van der Waals surface area contributed by atoms with Gasteiger partial charge in [0.25, 0.3) is 0 Å². The number of rotatable bonds is 2. The molecule has 0 amide bonds. The van der Waals surface area contributed by atoms with E-state index in [1.807, 2.05) is 12.1 Å². The topological polar surface area (TPSA) is 21.2 Å². The van der Waals surface area contributed by atoms with E-state index in [1.54, 1.807) is 17.8 Å². The second-order valence-electron chi connectivity index (χ2n) is 3.36. The van der Waals surface area contributed by atoms with E-state index < -0.39 is 6.08 Å². The molecule has 0 bridgehead atoms. The molecule has 2 rings (SSSR count). The fourth-order valence-corrected chi connectivity index (χ4v) is 1.66. The predicted octanol–water partition coefficient (Wildman–Crippen LogP) is 1.25. The first-order chi connectivity index (χ1) is 6.74. The second-order valence-corrected chi connectivity index (χ2v) is 3.36. The molecule has 0 fully saturated rings. The number of aromatic nitrogens is 3. The van der Waals surface area contributed by atoms with Crippen LogP contribution in [0.25, 0.3) is 5.52 Å². The Morgan fingerprint density at radius 1 is 1.57 bits per heavy atom. The third-order valence-electron chi connectivity index (χ3n) is 2.38. The minimum atomic E-state index is -0.447. The van der Waals surface area contributed by atoms with Gasteiger partial charge >= 0.3 is 6.08 Å². The van der Waals surface area contributed by atoms with Crippen molar-refractivity contribution in [3.63, 3.8) is 0 Å². The van der Waals surface area contributed by atoms with Gasteiger partial charge in [-0.05, 0) is 18.6 Å². The van der Waals surface area contributed by atoms with Crippen LogP contribution < -0.4 is 4.57 Å². The molecule has 0 spiro atoms. The Labute approximate surface area is 81.8 Å². The summed E-state index contributed by atoms with van der Waals surface area (Å²) in [5.74, 6) is 0. The summed E-state index contributed by atoms with van der Waals surface area (Å²) in [6.07, 6.45) is 3.18. The largest absolute Gasteiger partial charge is 0.511 e. The van der Waals surface area contributed by atoms with Crippen LogP contribution in [0.3, 0.4) is 0 Å². The fourth-order valence-electron chi connectivity index (χ4n) is 1.66. The molecule has 0 aromatic carbocycles. The summed E-state index contributed by atoms with van der Waals surface area (Å²) in [7, 11) is 1.71. The summed E-state index contributed by atoms with van der Waals surface area (Å²) in [5, 5.41) is 3.79. The van der Waals surface area contributed by atoms with Crippen molar-refractivity contribution >= 4 is 5.52 Å². The van der Waals surface area contributed by atoms with E-state index in [9.17, 15) is 4.39 Å². The van der Waals surface area contributed by atoms with Crippen molar-refractivity contribution in [3.8, 4) is 0 Å². The first-order valence-corrected chi connectivity index (χ1v) is 4.75. The van der Waals surface area contributed by atoms with Crippen LogP contribution in [-0.2, 0) is 13.5 Å². The number of hydrogen-bond donors (Lipinski definition) is 0. The van der Waals surface area contributed by atoms with E-state index in [0.29, 0.717) is 0 Å². The Bertz CT molecular complexity index is 462. The molecule has 0 aliphatic rings. The molecule has 0 aliphatic heterocycles. The minimum Gasteiger partial charge on any atom is -0.200 e. The highest BCUT2D eigenvalue weighted by atomic mass is 19.1. The highest BCUT2D eigenvalue weighted by molar-refractivity contribution is 5.48. The summed E-state index contributed by atoms with van der Waals surface area (Å²) in [6.45, 7) is 2.08. The van der Waals surface area contributed by atoms with Crippen LogP contribution >= 0.6 is 0 Å². The number of fused-ring (bicyclic) bond motifs is 1. The summed E-state index contributed by atoms with van der Waals surface area (Å²) >= 11 is 0. The third kappa shape index (κ3) is 1.27. The highest BCUT2D eigenvalue weighted by Crippen LogP contribution is 2.08. The molecule has 2 aromatic rings. The molecule has 0 radical (unpaired) electrons. The number of nitrogens with zero attached hydrogens (tertiary/aromatic N) is 3. The van der Waals surface area contributed by atoms with Crippen LogP contribution in [0.5, 0.6) is 0 Å². The van der Waals surface area contributed by atoms with Gasteiger partial charge in [-0.3, -0.25) is 0 Å². The van der Waals surface area contributed by atoms with Crippen molar-refractivity contribution in [1.29, 1.82) is 0 Å². The van der Waals surface area contributed by atoms with Crippen molar-refractivity contribution in [2.75, 3.05) is 0 Å². The van der Waals surface area contributed by atoms with Gasteiger partial charge in [0.1, 0.15) is 11.2 Å². The molecule has 0 saturated carbocycles. The van der Waals surface area contributed by atoms with Gasteiger partial charge in [-0.2, -0.15) is 0 Å². The lowest BCUT2D eigenvalue weighted by Crippen LogP contribution is -2.40. The summed E-state index contributed by atoms with van der Waals surface area (Å²) < 4.78 is 16.4. The Kier molecular flexibility index (Phi) is 2.19. The molecular formula is C10H13FN3+. The molecule has 2 aromatic heterocycles. The maximum Gasteiger partial charge on any atom is 0.511 e. The lowest BCUT2D eigenvalue weighted by molar-refractivity contribution is -0.710. The maximum atomic E-state index is 13.3. The molecule has 2 heterocycles. The Hall–Kier alpha value is -1.45. The lowest BCUT2D eigenvalue weighted by Gasteiger charge is -2.01. The number of aryl methyl sites for hydroxylation is 1. The van der Waals surface area contributed by atoms with Crippen LogP contribution in [-0.4, -0.2) is 9.61 Å². The van der Waals surface area contributed by atoms with Gasteiger partial charge in [-0.1, -0.05) is 6.92 Å². The number of halogens is 1. The van der Waals surface area contributed by atoms with Crippen LogP contribution in [0, 0.1) is 6.08 Å². The molecule has 0 unspecified atom stereocenters. The maximum absolute atomic E-state index is 13.3. The second kappa shape index (κ2) is 3.36. The minimum absolute atomic E-state index is 0.447. The summed E-state index contributed by atoms with van der Waals surface area (Å²) in [4.78, 5) is 0. The van der Waals surface area contributed by atoms with Crippen LogP contribution in [0.2, 0.25) is 0 Å². The SMILES string of the molecule is CCCc1c2cccn2nc(F)[n+]1C. The predicted molar refractivity (Wildman–Crippen MR) is 50.3 cm³/mol. The van der Waals surface area contributed by atoms with Crippen molar-refractivity contribution in [1.82, 2.24) is 9.61 Å². The van der Waals surface area contributed by atoms with Gasteiger partial charge in [0.2, 0.25) is 0 Å². The van der Waals surface area contributed by atoms with E-state index in [2.05, 4.69) is 12.0 Å². The van der Waals surface area contributed by atoms with Gasteiger partial charge in [0.05, 0.1) is 18.3 Å². The van der Waals surface area contributed by atoms with Crippen molar-refractivity contribution < 1.29 is 8.96 Å². The third-order valence-corrected chi connectivity index (χ3v) is 2.38. The van der Waals surface area contributed by atoms with E-state index in [4.69, 9.17) is 0 Å². The smallest absolute Gasteiger partial charge is 0.200 e.